The van der Waals surface area contributed by atoms with Crippen LogP contribution in [0.5, 0.6) is 11.5 Å². The fourth-order valence-electron chi connectivity index (χ4n) is 3.99. The van der Waals surface area contributed by atoms with Crippen LogP contribution >= 0.6 is 0 Å². The first kappa shape index (κ1) is 23.1. The molecule has 2 aromatic carbocycles. The third-order valence-electron chi connectivity index (χ3n) is 6.07. The Labute approximate surface area is 193 Å². The smallest absolute Gasteiger partial charge is 0.197 e. The van der Waals surface area contributed by atoms with E-state index in [9.17, 15) is 9.90 Å². The lowest BCUT2D eigenvalue weighted by Gasteiger charge is -2.14. The first-order valence-corrected chi connectivity index (χ1v) is 11.1. The minimum absolute atomic E-state index is 0.0113. The zero-order valence-electron chi connectivity index (χ0n) is 19.5. The summed E-state index contributed by atoms with van der Waals surface area (Å²) in [7, 11) is 1.53. The molecule has 3 aromatic rings. The number of phenolic OH excluding ortho intramolecular Hbond substituents is 1. The Morgan fingerprint density at radius 3 is 2.61 bits per heavy atom. The number of ether oxygens (including phenoxy) is 3. The van der Waals surface area contributed by atoms with E-state index < -0.39 is 0 Å². The number of phenols is 1. The van der Waals surface area contributed by atoms with Gasteiger partial charge in [-0.3, -0.25) is 4.79 Å². The second kappa shape index (κ2) is 9.41. The van der Waals surface area contributed by atoms with E-state index >= 15 is 0 Å². The first-order chi connectivity index (χ1) is 15.8. The highest BCUT2D eigenvalue weighted by atomic mass is 16.7. The van der Waals surface area contributed by atoms with E-state index in [1.165, 1.54) is 18.7 Å². The zero-order chi connectivity index (χ0) is 23.6. The average molecular weight is 451 g/mol. The van der Waals surface area contributed by atoms with Crippen molar-refractivity contribution in [2.75, 3.05) is 13.9 Å². The fourth-order valence-corrected chi connectivity index (χ4v) is 3.99. The van der Waals surface area contributed by atoms with Crippen LogP contribution in [-0.4, -0.2) is 30.7 Å². The molecule has 0 radical (unpaired) electrons. The zero-order valence-corrected chi connectivity index (χ0v) is 19.5. The summed E-state index contributed by atoms with van der Waals surface area (Å²) in [6.45, 7) is 6.26. The van der Waals surface area contributed by atoms with Crippen molar-refractivity contribution in [3.05, 3.63) is 69.9 Å². The van der Waals surface area contributed by atoms with Gasteiger partial charge in [-0.15, -0.1) is 0 Å². The highest BCUT2D eigenvalue weighted by Crippen LogP contribution is 2.40. The largest absolute Gasteiger partial charge is 0.507 e. The number of hydrogen-bond acceptors (Lipinski definition) is 6. The second-order valence-electron chi connectivity index (χ2n) is 8.97. The van der Waals surface area contributed by atoms with Crippen molar-refractivity contribution >= 4 is 11.0 Å². The Morgan fingerprint density at radius 1 is 1.21 bits per heavy atom. The predicted octanol–water partition coefficient (Wildman–Crippen LogP) is 5.59. The van der Waals surface area contributed by atoms with E-state index in [0.717, 1.165) is 18.4 Å². The molecule has 0 aliphatic carbocycles. The summed E-state index contributed by atoms with van der Waals surface area (Å²) >= 11 is 0. The molecule has 6 nitrogen and oxygen atoms in total. The molecule has 2 heterocycles. The number of aromatic hydroxyl groups is 1. The molecule has 4 rings (SSSR count). The van der Waals surface area contributed by atoms with E-state index in [-0.39, 0.29) is 34.5 Å². The van der Waals surface area contributed by atoms with Crippen LogP contribution in [0.4, 0.5) is 0 Å². The van der Waals surface area contributed by atoms with Gasteiger partial charge in [0.25, 0.3) is 0 Å². The normalized spacial score (nSPS) is 17.3. The summed E-state index contributed by atoms with van der Waals surface area (Å²) in [5.74, 6) is 0.729. The van der Waals surface area contributed by atoms with E-state index in [0.29, 0.717) is 29.6 Å². The SMILES string of the molecule is COCOc1cc2oc(-c3ccccc3)cc(=O)c2c(O)c1C/C=C(\C)CC[C@H]1OC1(C)C. The molecule has 0 unspecified atom stereocenters. The highest BCUT2D eigenvalue weighted by Gasteiger charge is 2.46. The van der Waals surface area contributed by atoms with E-state index in [4.69, 9.17) is 18.6 Å². The minimum atomic E-state index is -0.305. The Hall–Kier alpha value is -3.09. The van der Waals surface area contributed by atoms with Gasteiger partial charge in [0.2, 0.25) is 0 Å². The molecule has 1 fully saturated rings. The summed E-state index contributed by atoms with van der Waals surface area (Å²) < 4.78 is 22.4. The van der Waals surface area contributed by atoms with Crippen molar-refractivity contribution in [3.63, 3.8) is 0 Å². The molecular formula is C27H30O6. The summed E-state index contributed by atoms with van der Waals surface area (Å²) in [5, 5.41) is 11.2. The number of methoxy groups -OCH3 is 1. The second-order valence-corrected chi connectivity index (χ2v) is 8.97. The number of allylic oxidation sites excluding steroid dienone is 2. The van der Waals surface area contributed by atoms with Gasteiger partial charge in [0.1, 0.15) is 28.2 Å². The van der Waals surface area contributed by atoms with Gasteiger partial charge in [-0.1, -0.05) is 42.0 Å². The molecule has 1 aliphatic heterocycles. The summed E-state index contributed by atoms with van der Waals surface area (Å²) in [5.41, 5.74) is 2.43. The van der Waals surface area contributed by atoms with Crippen molar-refractivity contribution < 1.29 is 23.7 Å². The molecule has 0 amide bonds. The summed E-state index contributed by atoms with van der Waals surface area (Å²) in [6, 6.07) is 12.4. The molecule has 1 aromatic heterocycles. The molecule has 0 bridgehead atoms. The molecule has 1 aliphatic rings. The molecule has 1 N–H and O–H groups in total. The molecule has 1 atom stereocenters. The van der Waals surface area contributed by atoms with Crippen LogP contribution in [0.15, 0.2) is 63.3 Å². The van der Waals surface area contributed by atoms with Gasteiger partial charge in [-0.2, -0.15) is 0 Å². The number of benzene rings is 2. The van der Waals surface area contributed by atoms with Crippen LogP contribution in [-0.2, 0) is 15.9 Å². The Kier molecular flexibility index (Phi) is 6.58. The van der Waals surface area contributed by atoms with Gasteiger partial charge in [-0.05, 0) is 40.0 Å². The van der Waals surface area contributed by atoms with Gasteiger partial charge < -0.3 is 23.7 Å². The maximum atomic E-state index is 12.9. The van der Waals surface area contributed by atoms with Crippen molar-refractivity contribution in [2.24, 2.45) is 0 Å². The first-order valence-electron chi connectivity index (χ1n) is 11.1. The van der Waals surface area contributed by atoms with Crippen molar-refractivity contribution in [1.82, 2.24) is 0 Å². The van der Waals surface area contributed by atoms with Crippen LogP contribution in [0.2, 0.25) is 0 Å². The number of epoxide rings is 1. The lowest BCUT2D eigenvalue weighted by molar-refractivity contribution is 0.0504. The number of fused-ring (bicyclic) bond motifs is 1. The molecule has 0 saturated carbocycles. The van der Waals surface area contributed by atoms with Gasteiger partial charge in [0.05, 0.1) is 11.7 Å². The number of rotatable bonds is 9. The van der Waals surface area contributed by atoms with Gasteiger partial charge in [-0.25, -0.2) is 0 Å². The molecular weight excluding hydrogens is 420 g/mol. The molecule has 33 heavy (non-hydrogen) atoms. The fraction of sp³-hybridized carbons (Fsp3) is 0.370. The monoisotopic (exact) mass is 450 g/mol. The van der Waals surface area contributed by atoms with Crippen LogP contribution in [0, 0.1) is 0 Å². The van der Waals surface area contributed by atoms with Crippen molar-refractivity contribution in [3.8, 4) is 22.8 Å². The quantitative estimate of drug-likeness (QED) is 0.260. The topological polar surface area (TPSA) is 81.4 Å². The van der Waals surface area contributed by atoms with E-state index in [1.54, 1.807) is 6.07 Å². The lowest BCUT2D eigenvalue weighted by Crippen LogP contribution is -2.06. The molecule has 0 spiro atoms. The lowest BCUT2D eigenvalue weighted by atomic mass is 10.00. The molecule has 1 saturated heterocycles. The van der Waals surface area contributed by atoms with Crippen molar-refractivity contribution in [1.29, 1.82) is 0 Å². The summed E-state index contributed by atoms with van der Waals surface area (Å²) in [6.07, 6.45) is 4.62. The maximum absolute atomic E-state index is 12.9. The van der Waals surface area contributed by atoms with E-state index in [2.05, 4.69) is 26.8 Å². The van der Waals surface area contributed by atoms with Crippen LogP contribution < -0.4 is 10.2 Å². The van der Waals surface area contributed by atoms with Gasteiger partial charge in [0, 0.05) is 30.4 Å². The van der Waals surface area contributed by atoms with Crippen LogP contribution in [0.3, 0.4) is 0 Å². The van der Waals surface area contributed by atoms with Gasteiger partial charge >= 0.3 is 0 Å². The van der Waals surface area contributed by atoms with Crippen LogP contribution in [0.25, 0.3) is 22.3 Å². The predicted molar refractivity (Wildman–Crippen MR) is 128 cm³/mol. The third kappa shape index (κ3) is 5.13. The maximum Gasteiger partial charge on any atom is 0.197 e. The Morgan fingerprint density at radius 2 is 1.94 bits per heavy atom. The highest BCUT2D eigenvalue weighted by molar-refractivity contribution is 5.88. The summed E-state index contributed by atoms with van der Waals surface area (Å²) in [4.78, 5) is 12.9. The molecule has 174 valence electrons. The van der Waals surface area contributed by atoms with E-state index in [1.807, 2.05) is 30.3 Å². The standard InChI is InChI=1S/C27H30O6/c1-17(11-13-24-27(2,3)33-24)10-12-19-22(31-16-30-4)15-23-25(26(19)29)20(28)14-21(32-23)18-8-6-5-7-9-18/h5-10,14-15,24,29H,11-13,16H2,1-4H3/b17-10+/t24-/m1/s1. The Bertz CT molecular complexity index is 1220. The third-order valence-corrected chi connectivity index (χ3v) is 6.07. The molecule has 6 heteroatoms. The van der Waals surface area contributed by atoms with Crippen LogP contribution in [0.1, 0.15) is 39.2 Å². The van der Waals surface area contributed by atoms with Crippen molar-refractivity contribution in [2.45, 2.75) is 51.7 Å². The van der Waals surface area contributed by atoms with Gasteiger partial charge in [0.15, 0.2) is 12.2 Å². The Balaban J connectivity index is 1.67. The average Bonchev–Trinajstić information content (AvgIpc) is 3.42. The minimum Gasteiger partial charge on any atom is -0.507 e. The number of hydrogen-bond donors (Lipinski definition) is 1.